The third-order valence-electron chi connectivity index (χ3n) is 4.56. The van der Waals surface area contributed by atoms with E-state index < -0.39 is 0 Å². The van der Waals surface area contributed by atoms with Crippen molar-refractivity contribution in [2.45, 2.75) is 6.92 Å². The Labute approximate surface area is 167 Å². The van der Waals surface area contributed by atoms with Crippen molar-refractivity contribution < 1.29 is 0 Å². The van der Waals surface area contributed by atoms with Crippen molar-refractivity contribution in [1.82, 2.24) is 0 Å². The summed E-state index contributed by atoms with van der Waals surface area (Å²) >= 11 is 5.43. The minimum Gasteiger partial charge on any atom is -0.0888 e. The van der Waals surface area contributed by atoms with Crippen LogP contribution in [0.2, 0.25) is 0 Å². The van der Waals surface area contributed by atoms with Crippen LogP contribution in [0.1, 0.15) is 23.6 Å². The van der Waals surface area contributed by atoms with Crippen LogP contribution in [0.4, 0.5) is 0 Å². The topological polar surface area (TPSA) is 0 Å². The molecule has 0 saturated heterocycles. The fourth-order valence-corrected chi connectivity index (χ4v) is 4.98. The normalized spacial score (nSPS) is 17.2. The number of thioether (sulfide) groups is 1. The summed E-state index contributed by atoms with van der Waals surface area (Å²) in [5.74, 6) is 0.354. The van der Waals surface area contributed by atoms with E-state index >= 15 is 0 Å². The van der Waals surface area contributed by atoms with Gasteiger partial charge in [0.25, 0.3) is 0 Å². The van der Waals surface area contributed by atoms with Gasteiger partial charge in [0.05, 0.1) is 0 Å². The zero-order valence-electron chi connectivity index (χ0n) is 14.5. The zero-order chi connectivity index (χ0) is 17.9. The molecular formula is C24H19BrS. The van der Waals surface area contributed by atoms with Gasteiger partial charge in [0.1, 0.15) is 0 Å². The summed E-state index contributed by atoms with van der Waals surface area (Å²) in [6, 6.07) is 30.1. The molecule has 3 aromatic rings. The first-order valence-corrected chi connectivity index (χ1v) is 10.3. The van der Waals surface area contributed by atoms with Crippen LogP contribution in [-0.2, 0) is 0 Å². The number of hydrogen-bond acceptors (Lipinski definition) is 1. The standard InChI is InChI=1S/C24H19BrS/c1-17-16-22(18-8-4-2-5-9-18)26-24(20-12-14-21(25)15-13-20)23(17)19-10-6-3-7-11-19/h2-17H,1H3. The molecule has 1 aliphatic heterocycles. The molecule has 0 spiro atoms. The molecule has 128 valence electrons. The van der Waals surface area contributed by atoms with Crippen LogP contribution in [0.15, 0.2) is 95.5 Å². The van der Waals surface area contributed by atoms with E-state index in [2.05, 4.69) is 114 Å². The highest BCUT2D eigenvalue weighted by molar-refractivity contribution is 9.10. The lowest BCUT2D eigenvalue weighted by Crippen LogP contribution is -2.04. The third kappa shape index (κ3) is 3.58. The van der Waals surface area contributed by atoms with Gasteiger partial charge < -0.3 is 0 Å². The van der Waals surface area contributed by atoms with E-state index in [4.69, 9.17) is 0 Å². The van der Waals surface area contributed by atoms with Gasteiger partial charge in [0.2, 0.25) is 0 Å². The van der Waals surface area contributed by atoms with Crippen LogP contribution in [0.25, 0.3) is 15.4 Å². The van der Waals surface area contributed by atoms with Gasteiger partial charge in [-0.3, -0.25) is 0 Å². The van der Waals surface area contributed by atoms with Crippen molar-refractivity contribution in [1.29, 1.82) is 0 Å². The smallest absolute Gasteiger partial charge is 0.0238 e. The fraction of sp³-hybridized carbons (Fsp3) is 0.0833. The molecule has 0 aliphatic carbocycles. The van der Waals surface area contributed by atoms with Crippen LogP contribution in [0, 0.1) is 5.92 Å². The molecule has 3 aromatic carbocycles. The summed E-state index contributed by atoms with van der Waals surface area (Å²) in [4.78, 5) is 2.67. The van der Waals surface area contributed by atoms with Crippen LogP contribution >= 0.6 is 27.7 Å². The number of allylic oxidation sites excluding steroid dienone is 2. The van der Waals surface area contributed by atoms with Crippen molar-refractivity contribution in [2.24, 2.45) is 5.92 Å². The highest BCUT2D eigenvalue weighted by Gasteiger charge is 2.24. The van der Waals surface area contributed by atoms with Gasteiger partial charge in [-0.25, -0.2) is 0 Å². The second-order valence-electron chi connectivity index (χ2n) is 6.40. The fourth-order valence-electron chi connectivity index (χ4n) is 3.30. The third-order valence-corrected chi connectivity index (χ3v) is 6.34. The first-order chi connectivity index (χ1) is 12.7. The Bertz CT molecular complexity index is 954. The highest BCUT2D eigenvalue weighted by atomic mass is 79.9. The van der Waals surface area contributed by atoms with E-state index in [0.717, 1.165) is 4.47 Å². The Hall–Kier alpha value is -2.03. The molecule has 0 bridgehead atoms. The molecule has 0 nitrogen and oxygen atoms in total. The molecule has 0 radical (unpaired) electrons. The monoisotopic (exact) mass is 418 g/mol. The zero-order valence-corrected chi connectivity index (χ0v) is 16.9. The summed E-state index contributed by atoms with van der Waals surface area (Å²) in [5, 5.41) is 0. The second-order valence-corrected chi connectivity index (χ2v) is 8.37. The lowest BCUT2D eigenvalue weighted by atomic mass is 9.90. The van der Waals surface area contributed by atoms with E-state index in [1.165, 1.54) is 32.1 Å². The molecule has 1 atom stereocenters. The number of benzene rings is 3. The Balaban J connectivity index is 1.85. The van der Waals surface area contributed by atoms with Gasteiger partial charge >= 0.3 is 0 Å². The van der Waals surface area contributed by atoms with Crippen LogP contribution < -0.4 is 0 Å². The molecule has 1 heterocycles. The van der Waals surface area contributed by atoms with Crippen LogP contribution in [-0.4, -0.2) is 0 Å². The van der Waals surface area contributed by atoms with E-state index in [9.17, 15) is 0 Å². The lowest BCUT2D eigenvalue weighted by Gasteiger charge is -2.26. The molecule has 4 rings (SSSR count). The molecule has 0 amide bonds. The summed E-state index contributed by atoms with van der Waals surface area (Å²) in [5.41, 5.74) is 5.25. The minimum atomic E-state index is 0.354. The molecule has 26 heavy (non-hydrogen) atoms. The van der Waals surface area contributed by atoms with E-state index in [0.29, 0.717) is 5.92 Å². The average molecular weight is 419 g/mol. The lowest BCUT2D eigenvalue weighted by molar-refractivity contribution is 0.971. The van der Waals surface area contributed by atoms with E-state index in [1.54, 1.807) is 0 Å². The van der Waals surface area contributed by atoms with Gasteiger partial charge in [-0.1, -0.05) is 113 Å². The number of hydrogen-bond donors (Lipinski definition) is 0. The molecule has 2 heteroatoms. The molecule has 0 saturated carbocycles. The summed E-state index contributed by atoms with van der Waals surface area (Å²) < 4.78 is 1.11. The predicted octanol–water partition coefficient (Wildman–Crippen LogP) is 7.74. The second kappa shape index (κ2) is 7.69. The molecule has 1 aliphatic rings. The SMILES string of the molecule is CC1C=C(c2ccccc2)SC(c2ccc(Br)cc2)=C1c1ccccc1. The molecule has 0 fully saturated rings. The average Bonchev–Trinajstić information content (AvgIpc) is 2.69. The Morgan fingerprint density at radius 2 is 1.27 bits per heavy atom. The minimum absolute atomic E-state index is 0.354. The van der Waals surface area contributed by atoms with Crippen LogP contribution in [0.5, 0.6) is 0 Å². The molecule has 1 unspecified atom stereocenters. The van der Waals surface area contributed by atoms with Crippen molar-refractivity contribution in [3.63, 3.8) is 0 Å². The van der Waals surface area contributed by atoms with Gasteiger partial charge in [0.15, 0.2) is 0 Å². The Morgan fingerprint density at radius 1 is 0.692 bits per heavy atom. The summed E-state index contributed by atoms with van der Waals surface area (Å²) in [7, 11) is 0. The maximum absolute atomic E-state index is 3.56. The Morgan fingerprint density at radius 3 is 1.88 bits per heavy atom. The number of halogens is 1. The number of rotatable bonds is 3. The predicted molar refractivity (Wildman–Crippen MR) is 119 cm³/mol. The molecular weight excluding hydrogens is 400 g/mol. The first kappa shape index (κ1) is 17.4. The molecule has 0 aromatic heterocycles. The summed E-state index contributed by atoms with van der Waals surface area (Å²) in [6.07, 6.45) is 2.39. The maximum Gasteiger partial charge on any atom is 0.0238 e. The highest BCUT2D eigenvalue weighted by Crippen LogP contribution is 2.50. The van der Waals surface area contributed by atoms with E-state index in [1.807, 2.05) is 11.8 Å². The van der Waals surface area contributed by atoms with Crippen molar-refractivity contribution >= 4 is 43.1 Å². The first-order valence-electron chi connectivity index (χ1n) is 8.73. The Kier molecular flexibility index (Phi) is 5.14. The largest absolute Gasteiger partial charge is 0.0888 e. The van der Waals surface area contributed by atoms with Gasteiger partial charge in [0, 0.05) is 20.2 Å². The molecule has 0 N–H and O–H groups in total. The summed E-state index contributed by atoms with van der Waals surface area (Å²) in [6.45, 7) is 2.30. The van der Waals surface area contributed by atoms with Crippen molar-refractivity contribution in [3.05, 3.63) is 112 Å². The van der Waals surface area contributed by atoms with Crippen molar-refractivity contribution in [2.75, 3.05) is 0 Å². The van der Waals surface area contributed by atoms with Crippen LogP contribution in [0.3, 0.4) is 0 Å². The van der Waals surface area contributed by atoms with Gasteiger partial charge in [-0.05, 0) is 34.4 Å². The van der Waals surface area contributed by atoms with Gasteiger partial charge in [-0.2, -0.15) is 0 Å². The maximum atomic E-state index is 3.56. The quantitative estimate of drug-likeness (QED) is 0.418. The van der Waals surface area contributed by atoms with E-state index in [-0.39, 0.29) is 0 Å². The van der Waals surface area contributed by atoms with Crippen molar-refractivity contribution in [3.8, 4) is 0 Å². The van der Waals surface area contributed by atoms with Gasteiger partial charge in [-0.15, -0.1) is 0 Å².